The molecule has 0 N–H and O–H groups in total. The third-order valence-electron chi connectivity index (χ3n) is 10.7. The molecule has 4 heterocycles. The smallest absolute Gasteiger partial charge is 0.160 e. The van der Waals surface area contributed by atoms with E-state index in [0.29, 0.717) is 5.82 Å². The molecule has 5 heteroatoms. The maximum Gasteiger partial charge on any atom is 0.160 e. The summed E-state index contributed by atoms with van der Waals surface area (Å²) in [5.41, 5.74) is 11.7. The monoisotopic (exact) mass is 690 g/mol. The maximum atomic E-state index is 6.52. The van der Waals surface area contributed by atoms with E-state index in [4.69, 9.17) is 24.4 Å². The third kappa shape index (κ3) is 4.72. The first-order valence-electron chi connectivity index (χ1n) is 18.1. The Labute approximate surface area is 310 Å². The molecule has 7 aromatic carbocycles. The number of aryl methyl sites for hydroxylation is 1. The highest BCUT2D eigenvalue weighted by molar-refractivity contribution is 6.24. The second-order valence-electron chi connectivity index (χ2n) is 13.8. The number of para-hydroxylation sites is 2. The van der Waals surface area contributed by atoms with Crippen LogP contribution in [0, 0.1) is 6.92 Å². The van der Waals surface area contributed by atoms with Crippen molar-refractivity contribution in [2.45, 2.75) is 6.92 Å². The lowest BCUT2D eigenvalue weighted by molar-refractivity contribution is 0.673. The van der Waals surface area contributed by atoms with Crippen LogP contribution >= 0.6 is 0 Å². The Balaban J connectivity index is 1.00. The lowest BCUT2D eigenvalue weighted by Gasteiger charge is -2.13. The molecule has 0 aliphatic carbocycles. The molecule has 0 saturated heterocycles. The molecule has 0 aliphatic heterocycles. The molecule has 11 rings (SSSR count). The zero-order valence-corrected chi connectivity index (χ0v) is 29.3. The van der Waals surface area contributed by atoms with Crippen LogP contribution < -0.4 is 0 Å². The topological polar surface area (TPSA) is 64.7 Å². The van der Waals surface area contributed by atoms with Gasteiger partial charge in [-0.05, 0) is 48.2 Å². The number of fused-ring (bicyclic) bond motifs is 10. The Bertz CT molecular complexity index is 3280. The number of hydrogen-bond acceptors (Lipinski definition) is 5. The Kier molecular flexibility index (Phi) is 6.70. The van der Waals surface area contributed by atoms with Crippen LogP contribution in [-0.4, -0.2) is 19.9 Å². The van der Waals surface area contributed by atoms with E-state index in [1.165, 1.54) is 0 Å². The molecule has 0 amide bonds. The fraction of sp³-hybridized carbons (Fsp3) is 0.0204. The van der Waals surface area contributed by atoms with Crippen LogP contribution in [0.3, 0.4) is 0 Å². The third-order valence-corrected chi connectivity index (χ3v) is 10.7. The van der Waals surface area contributed by atoms with Crippen LogP contribution in [0.1, 0.15) is 5.56 Å². The predicted octanol–water partition coefficient (Wildman–Crippen LogP) is 12.8. The summed E-state index contributed by atoms with van der Waals surface area (Å²) >= 11 is 0. The number of furan rings is 1. The minimum atomic E-state index is 0.684. The van der Waals surface area contributed by atoms with Gasteiger partial charge in [0.25, 0.3) is 0 Å². The van der Waals surface area contributed by atoms with Gasteiger partial charge in [-0.1, -0.05) is 127 Å². The lowest BCUT2D eigenvalue weighted by Crippen LogP contribution is -1.96. The van der Waals surface area contributed by atoms with Crippen LogP contribution in [0.25, 0.3) is 110 Å². The second kappa shape index (κ2) is 11.9. The molecular formula is C49H30N4O. The molecule has 252 valence electrons. The van der Waals surface area contributed by atoms with Crippen LogP contribution in [0.4, 0.5) is 0 Å². The van der Waals surface area contributed by atoms with E-state index in [0.717, 1.165) is 110 Å². The predicted molar refractivity (Wildman–Crippen MR) is 221 cm³/mol. The number of aromatic nitrogens is 4. The van der Waals surface area contributed by atoms with Crippen molar-refractivity contribution in [3.8, 4) is 45.2 Å². The molecule has 0 atom stereocenters. The van der Waals surface area contributed by atoms with Gasteiger partial charge in [-0.15, -0.1) is 0 Å². The summed E-state index contributed by atoms with van der Waals surface area (Å²) in [6, 6.07) is 54.6. The first-order chi connectivity index (χ1) is 26.7. The van der Waals surface area contributed by atoms with Crippen molar-refractivity contribution in [2.24, 2.45) is 0 Å². The number of benzene rings is 7. The minimum Gasteiger partial charge on any atom is -0.455 e. The van der Waals surface area contributed by atoms with Gasteiger partial charge < -0.3 is 4.42 Å². The summed E-state index contributed by atoms with van der Waals surface area (Å²) in [6.07, 6.45) is 1.85. The molecule has 0 spiro atoms. The van der Waals surface area contributed by atoms with Crippen LogP contribution in [0.15, 0.2) is 168 Å². The molecule has 11 aromatic rings. The molecule has 54 heavy (non-hydrogen) atoms. The molecule has 0 unspecified atom stereocenters. The van der Waals surface area contributed by atoms with E-state index in [1.54, 1.807) is 0 Å². The SMILES string of the molecule is Cc1c(-c2nccc(-c3ccc(-c4nc5ccccc5c5c4ccc4c6ccccc6oc45)cc3)n2)ccc2ccc3ccc(-c4ccccc4)nc3c12. The van der Waals surface area contributed by atoms with Gasteiger partial charge in [0.2, 0.25) is 0 Å². The molecule has 5 nitrogen and oxygen atoms in total. The van der Waals surface area contributed by atoms with Crippen LogP contribution in [0.2, 0.25) is 0 Å². The molecule has 0 aliphatic rings. The normalized spacial score (nSPS) is 11.8. The Hall–Kier alpha value is -7.24. The van der Waals surface area contributed by atoms with Gasteiger partial charge in [0.05, 0.1) is 28.1 Å². The molecule has 0 saturated carbocycles. The molecule has 0 fully saturated rings. The first kappa shape index (κ1) is 30.4. The average Bonchev–Trinajstić information content (AvgIpc) is 3.62. The van der Waals surface area contributed by atoms with Gasteiger partial charge in [-0.3, -0.25) is 0 Å². The summed E-state index contributed by atoms with van der Waals surface area (Å²) in [6.45, 7) is 2.15. The standard InChI is InChI=1S/C49H30N4O/c1-29-35(23-21-32-17-20-34-22-26-40(51-47(34)44(29)32)30-9-3-2-4-10-30)49-50-28-27-41(53-49)31-15-18-33(19-16-31)46-39-25-24-37-36-11-6-8-14-43(36)54-48(37)45(39)38-12-5-7-13-42(38)52-46/h2-28H,1H3. The molecular weight excluding hydrogens is 661 g/mol. The highest BCUT2D eigenvalue weighted by Gasteiger charge is 2.18. The van der Waals surface area contributed by atoms with E-state index in [2.05, 4.69) is 122 Å². The van der Waals surface area contributed by atoms with Crippen molar-refractivity contribution in [3.63, 3.8) is 0 Å². The Morgan fingerprint density at radius 1 is 0.463 bits per heavy atom. The van der Waals surface area contributed by atoms with E-state index in [-0.39, 0.29) is 0 Å². The van der Waals surface area contributed by atoms with E-state index >= 15 is 0 Å². The fourth-order valence-electron chi connectivity index (χ4n) is 8.07. The van der Waals surface area contributed by atoms with E-state index in [9.17, 15) is 0 Å². The van der Waals surface area contributed by atoms with Gasteiger partial charge in [0.1, 0.15) is 11.2 Å². The van der Waals surface area contributed by atoms with Gasteiger partial charge in [-0.25, -0.2) is 19.9 Å². The van der Waals surface area contributed by atoms with Crippen molar-refractivity contribution >= 4 is 65.3 Å². The van der Waals surface area contributed by atoms with Crippen molar-refractivity contribution in [2.75, 3.05) is 0 Å². The second-order valence-corrected chi connectivity index (χ2v) is 13.8. The Morgan fingerprint density at radius 2 is 1.15 bits per heavy atom. The van der Waals surface area contributed by atoms with Crippen LogP contribution in [-0.2, 0) is 0 Å². The summed E-state index contributed by atoms with van der Waals surface area (Å²) in [4.78, 5) is 20.3. The first-order valence-corrected chi connectivity index (χ1v) is 18.1. The molecule has 0 radical (unpaired) electrons. The highest BCUT2D eigenvalue weighted by Crippen LogP contribution is 2.41. The van der Waals surface area contributed by atoms with Crippen molar-refractivity contribution in [1.29, 1.82) is 0 Å². The zero-order chi connectivity index (χ0) is 35.8. The lowest BCUT2D eigenvalue weighted by atomic mass is 9.96. The van der Waals surface area contributed by atoms with E-state index in [1.807, 2.05) is 48.7 Å². The number of nitrogens with zero attached hydrogens (tertiary/aromatic N) is 4. The van der Waals surface area contributed by atoms with Gasteiger partial charge in [0, 0.05) is 66.2 Å². The summed E-state index contributed by atoms with van der Waals surface area (Å²) in [7, 11) is 0. The molecule has 0 bridgehead atoms. The summed E-state index contributed by atoms with van der Waals surface area (Å²) in [5, 5.41) is 8.81. The Morgan fingerprint density at radius 3 is 2.04 bits per heavy atom. The van der Waals surface area contributed by atoms with Crippen molar-refractivity contribution in [1.82, 2.24) is 19.9 Å². The van der Waals surface area contributed by atoms with Crippen molar-refractivity contribution < 1.29 is 4.42 Å². The van der Waals surface area contributed by atoms with Crippen molar-refractivity contribution in [3.05, 3.63) is 169 Å². The quantitative estimate of drug-likeness (QED) is 0.172. The highest BCUT2D eigenvalue weighted by atomic mass is 16.3. The minimum absolute atomic E-state index is 0.684. The maximum absolute atomic E-state index is 6.52. The largest absolute Gasteiger partial charge is 0.455 e. The fourth-order valence-corrected chi connectivity index (χ4v) is 8.07. The zero-order valence-electron chi connectivity index (χ0n) is 29.3. The van der Waals surface area contributed by atoms with Crippen LogP contribution in [0.5, 0.6) is 0 Å². The molecule has 4 aromatic heterocycles. The summed E-state index contributed by atoms with van der Waals surface area (Å²) in [5.74, 6) is 0.684. The number of hydrogen-bond donors (Lipinski definition) is 0. The number of pyridine rings is 2. The number of rotatable bonds is 4. The van der Waals surface area contributed by atoms with E-state index < -0.39 is 0 Å². The van der Waals surface area contributed by atoms with Gasteiger partial charge in [-0.2, -0.15) is 0 Å². The average molecular weight is 691 g/mol. The summed E-state index contributed by atoms with van der Waals surface area (Å²) < 4.78 is 6.52. The van der Waals surface area contributed by atoms with Gasteiger partial charge >= 0.3 is 0 Å². The van der Waals surface area contributed by atoms with Gasteiger partial charge in [0.15, 0.2) is 5.82 Å².